The first-order chi connectivity index (χ1) is 33.5. The molecule has 0 aliphatic heterocycles. The lowest BCUT2D eigenvalue weighted by Crippen LogP contribution is -2.30. The fraction of sp³-hybridized carbons (Fsp3) is 0.694. The quantitative estimate of drug-likeness (QED) is 0.0199. The first-order valence-corrected chi connectivity index (χ1v) is 28.3. The van der Waals surface area contributed by atoms with Gasteiger partial charge < -0.3 is 14.2 Å². The number of allylic oxidation sites excluding steroid dienone is 16. The molecule has 388 valence electrons. The first kappa shape index (κ1) is 64.3. The van der Waals surface area contributed by atoms with Crippen molar-refractivity contribution < 1.29 is 28.6 Å². The molecule has 0 spiro atoms. The molecule has 0 bridgehead atoms. The second-order valence-electron chi connectivity index (χ2n) is 18.6. The predicted molar refractivity (Wildman–Crippen MR) is 293 cm³/mol. The van der Waals surface area contributed by atoms with Gasteiger partial charge in [-0.15, -0.1) is 0 Å². The molecular weight excluding hydrogens is 841 g/mol. The first-order valence-electron chi connectivity index (χ1n) is 28.3. The summed E-state index contributed by atoms with van der Waals surface area (Å²) >= 11 is 0. The van der Waals surface area contributed by atoms with E-state index in [1.165, 1.54) is 148 Å². The number of carbonyl (C=O) groups is 3. The fourth-order valence-electron chi connectivity index (χ4n) is 7.69. The summed E-state index contributed by atoms with van der Waals surface area (Å²) in [6, 6.07) is 0. The maximum absolute atomic E-state index is 12.8. The normalized spacial score (nSPS) is 12.8. The highest BCUT2D eigenvalue weighted by Gasteiger charge is 2.19. The SMILES string of the molecule is CC\C=C/C=C\C=C/C=C\C=C/CCCC(=O)OCC(COC(=O)CCCCCCCCCCCC/C=C\C=C/CCCCC)OC(=O)CCCCCCC/C=C\CCCCCCCCCCC. The van der Waals surface area contributed by atoms with Crippen LogP contribution in [0.5, 0.6) is 0 Å². The van der Waals surface area contributed by atoms with Gasteiger partial charge in [-0.05, 0) is 83.5 Å². The molecular formula is C62H104O6. The van der Waals surface area contributed by atoms with Gasteiger partial charge in [0.1, 0.15) is 13.2 Å². The molecule has 0 radical (unpaired) electrons. The number of esters is 3. The Labute approximate surface area is 419 Å². The summed E-state index contributed by atoms with van der Waals surface area (Å²) in [7, 11) is 0. The average molecular weight is 946 g/mol. The Morgan fingerprint density at radius 1 is 0.309 bits per heavy atom. The second kappa shape index (κ2) is 55.9. The minimum absolute atomic E-state index is 0.105. The van der Waals surface area contributed by atoms with Crippen LogP contribution in [0.3, 0.4) is 0 Å². The van der Waals surface area contributed by atoms with Gasteiger partial charge in [-0.2, -0.15) is 0 Å². The van der Waals surface area contributed by atoms with Gasteiger partial charge in [-0.3, -0.25) is 14.4 Å². The van der Waals surface area contributed by atoms with Gasteiger partial charge in [0.2, 0.25) is 0 Å². The van der Waals surface area contributed by atoms with Crippen molar-refractivity contribution in [3.05, 3.63) is 97.2 Å². The van der Waals surface area contributed by atoms with Gasteiger partial charge in [0.25, 0.3) is 0 Å². The maximum Gasteiger partial charge on any atom is 0.306 e. The Balaban J connectivity index is 4.45. The van der Waals surface area contributed by atoms with E-state index in [9.17, 15) is 14.4 Å². The minimum atomic E-state index is -0.813. The van der Waals surface area contributed by atoms with E-state index in [4.69, 9.17) is 14.2 Å². The van der Waals surface area contributed by atoms with Crippen LogP contribution in [0.1, 0.15) is 258 Å². The summed E-state index contributed by atoms with van der Waals surface area (Å²) in [6.45, 7) is 6.40. The molecule has 0 amide bonds. The van der Waals surface area contributed by atoms with Crippen molar-refractivity contribution in [1.29, 1.82) is 0 Å². The van der Waals surface area contributed by atoms with Crippen molar-refractivity contribution in [3.8, 4) is 0 Å². The van der Waals surface area contributed by atoms with E-state index in [1.54, 1.807) is 0 Å². The molecule has 0 rings (SSSR count). The summed E-state index contributed by atoms with van der Waals surface area (Å²) in [6.07, 6.45) is 74.1. The average Bonchev–Trinajstić information content (AvgIpc) is 3.34. The molecule has 0 fully saturated rings. The zero-order chi connectivity index (χ0) is 49.3. The molecule has 0 aromatic carbocycles. The molecule has 1 atom stereocenters. The van der Waals surface area contributed by atoms with Crippen LogP contribution in [-0.2, 0) is 28.6 Å². The van der Waals surface area contributed by atoms with Crippen molar-refractivity contribution in [1.82, 2.24) is 0 Å². The largest absolute Gasteiger partial charge is 0.462 e. The number of hydrogen-bond donors (Lipinski definition) is 0. The van der Waals surface area contributed by atoms with Gasteiger partial charge in [-0.25, -0.2) is 0 Å². The van der Waals surface area contributed by atoms with E-state index in [-0.39, 0.29) is 37.5 Å². The fourth-order valence-corrected chi connectivity index (χ4v) is 7.69. The van der Waals surface area contributed by atoms with E-state index < -0.39 is 6.10 Å². The van der Waals surface area contributed by atoms with Crippen molar-refractivity contribution in [2.75, 3.05) is 13.2 Å². The molecule has 0 aliphatic rings. The van der Waals surface area contributed by atoms with E-state index in [2.05, 4.69) is 63.3 Å². The molecule has 0 heterocycles. The number of hydrogen-bond acceptors (Lipinski definition) is 6. The van der Waals surface area contributed by atoms with Crippen LogP contribution in [0, 0.1) is 0 Å². The van der Waals surface area contributed by atoms with Gasteiger partial charge in [0.05, 0.1) is 0 Å². The van der Waals surface area contributed by atoms with Gasteiger partial charge in [-0.1, -0.05) is 253 Å². The Hall–Kier alpha value is -3.67. The maximum atomic E-state index is 12.8. The van der Waals surface area contributed by atoms with Gasteiger partial charge >= 0.3 is 17.9 Å². The second-order valence-corrected chi connectivity index (χ2v) is 18.6. The third-order valence-corrected chi connectivity index (χ3v) is 11.9. The summed E-state index contributed by atoms with van der Waals surface area (Å²) in [5, 5.41) is 0. The molecule has 6 heteroatoms. The molecule has 0 aromatic rings. The zero-order valence-corrected chi connectivity index (χ0v) is 44.3. The molecule has 68 heavy (non-hydrogen) atoms. The van der Waals surface area contributed by atoms with Crippen LogP contribution >= 0.6 is 0 Å². The van der Waals surface area contributed by atoms with Crippen LogP contribution in [0.4, 0.5) is 0 Å². The summed E-state index contributed by atoms with van der Waals surface area (Å²) in [4.78, 5) is 38.1. The summed E-state index contributed by atoms with van der Waals surface area (Å²) < 4.78 is 16.8. The summed E-state index contributed by atoms with van der Waals surface area (Å²) in [5.74, 6) is -0.992. The Kier molecular flexibility index (Phi) is 52.9. The van der Waals surface area contributed by atoms with Crippen molar-refractivity contribution in [2.24, 2.45) is 0 Å². The number of unbranched alkanes of at least 4 members (excludes halogenated alkanes) is 28. The molecule has 1 unspecified atom stereocenters. The third-order valence-electron chi connectivity index (χ3n) is 11.9. The highest BCUT2D eigenvalue weighted by molar-refractivity contribution is 5.71. The lowest BCUT2D eigenvalue weighted by atomic mass is 10.1. The number of carbonyl (C=O) groups excluding carboxylic acids is 3. The highest BCUT2D eigenvalue weighted by atomic mass is 16.6. The highest BCUT2D eigenvalue weighted by Crippen LogP contribution is 2.15. The molecule has 0 saturated carbocycles. The van der Waals surface area contributed by atoms with Gasteiger partial charge in [0.15, 0.2) is 6.10 Å². The molecule has 0 saturated heterocycles. The van der Waals surface area contributed by atoms with Crippen molar-refractivity contribution in [2.45, 2.75) is 264 Å². The zero-order valence-electron chi connectivity index (χ0n) is 44.3. The Morgan fingerprint density at radius 2 is 0.603 bits per heavy atom. The Bertz CT molecular complexity index is 1360. The van der Waals surface area contributed by atoms with Crippen LogP contribution < -0.4 is 0 Å². The summed E-state index contributed by atoms with van der Waals surface area (Å²) in [5.41, 5.74) is 0. The van der Waals surface area contributed by atoms with Crippen LogP contribution in [0.25, 0.3) is 0 Å². The van der Waals surface area contributed by atoms with Crippen molar-refractivity contribution in [3.63, 3.8) is 0 Å². The van der Waals surface area contributed by atoms with E-state index >= 15 is 0 Å². The number of ether oxygens (including phenoxy) is 3. The Morgan fingerprint density at radius 3 is 1.04 bits per heavy atom. The minimum Gasteiger partial charge on any atom is -0.462 e. The van der Waals surface area contributed by atoms with E-state index in [0.29, 0.717) is 19.3 Å². The molecule has 0 N–H and O–H groups in total. The van der Waals surface area contributed by atoms with Crippen LogP contribution in [-0.4, -0.2) is 37.2 Å². The topological polar surface area (TPSA) is 78.9 Å². The van der Waals surface area contributed by atoms with Crippen molar-refractivity contribution >= 4 is 17.9 Å². The van der Waals surface area contributed by atoms with E-state index in [1.807, 2.05) is 54.7 Å². The van der Waals surface area contributed by atoms with Gasteiger partial charge in [0, 0.05) is 19.3 Å². The smallest absolute Gasteiger partial charge is 0.306 e. The standard InChI is InChI=1S/C62H104O6/c1-4-7-10-13-16-19-22-25-27-29-31-33-34-37-40-43-46-49-52-55-61(64)67-58-59(57-66-60(63)54-51-48-45-42-39-36-24-21-18-15-12-9-6-3)68-62(65)56-53-50-47-44-41-38-35-32-30-28-26-23-20-17-14-11-8-5-2/h9,12,15-16,18-19,21-22,24-25,32,35-36,39,42,45,59H,4-8,10-11,13-14,17,20,23,26-31,33-34,37-38,40-41,43-44,46-58H2,1-3H3/b12-9-,18-15-,19-16-,24-21-,25-22-,35-32-,39-36-,45-42-. The third kappa shape index (κ3) is 53.3. The molecule has 0 aromatic heterocycles. The molecule has 6 nitrogen and oxygen atoms in total. The van der Waals surface area contributed by atoms with Crippen LogP contribution in [0.2, 0.25) is 0 Å². The van der Waals surface area contributed by atoms with E-state index in [0.717, 1.165) is 64.2 Å². The monoisotopic (exact) mass is 945 g/mol. The molecule has 0 aliphatic carbocycles. The predicted octanol–water partition coefficient (Wildman–Crippen LogP) is 18.9. The lowest BCUT2D eigenvalue weighted by molar-refractivity contribution is -0.167. The van der Waals surface area contributed by atoms with Crippen LogP contribution in [0.15, 0.2) is 97.2 Å². The number of rotatable bonds is 50. The lowest BCUT2D eigenvalue weighted by Gasteiger charge is -2.18.